The second-order valence-corrected chi connectivity index (χ2v) is 5.66. The molecule has 1 aliphatic rings. The van der Waals surface area contributed by atoms with Crippen LogP contribution in [0.3, 0.4) is 0 Å². The second kappa shape index (κ2) is 5.24. The quantitative estimate of drug-likeness (QED) is 0.815. The second-order valence-electron chi connectivity index (χ2n) is 5.66. The van der Waals surface area contributed by atoms with Gasteiger partial charge in [0.15, 0.2) is 0 Å². The number of nitrogens with two attached hydrogens (primary N) is 1. The minimum atomic E-state index is -0.338. The zero-order chi connectivity index (χ0) is 14.9. The monoisotopic (exact) mass is 284 g/mol. The lowest BCUT2D eigenvalue weighted by atomic mass is 9.95. The normalized spacial score (nSPS) is 15.7. The van der Waals surface area contributed by atoms with Gasteiger partial charge in [0.2, 0.25) is 5.91 Å². The fourth-order valence-corrected chi connectivity index (χ4v) is 2.67. The molecule has 1 aliphatic carbocycles. The highest BCUT2D eigenvalue weighted by atomic mass is 16.2. The van der Waals surface area contributed by atoms with Crippen molar-refractivity contribution in [3.63, 3.8) is 0 Å². The van der Waals surface area contributed by atoms with E-state index in [1.165, 1.54) is 0 Å². The summed E-state index contributed by atoms with van der Waals surface area (Å²) >= 11 is 0. The number of imidazole rings is 1. The highest BCUT2D eigenvalue weighted by Crippen LogP contribution is 2.48. The molecule has 1 aromatic carbocycles. The molecule has 0 saturated heterocycles. The van der Waals surface area contributed by atoms with Gasteiger partial charge >= 0.3 is 0 Å². The van der Waals surface area contributed by atoms with Crippen LogP contribution in [0.1, 0.15) is 24.2 Å². The molecule has 5 heteroatoms. The number of aryl methyl sites for hydroxylation is 1. The van der Waals surface area contributed by atoms with Crippen molar-refractivity contribution in [2.45, 2.75) is 24.7 Å². The van der Waals surface area contributed by atoms with Crippen LogP contribution in [0.5, 0.6) is 0 Å². The number of benzene rings is 1. The van der Waals surface area contributed by atoms with E-state index < -0.39 is 0 Å². The molecule has 1 amide bonds. The molecule has 1 saturated carbocycles. The van der Waals surface area contributed by atoms with Gasteiger partial charge in [-0.25, -0.2) is 4.98 Å². The molecular formula is C16H20N4O. The third-order valence-electron chi connectivity index (χ3n) is 4.20. The number of carbonyl (C=O) groups is 1. The summed E-state index contributed by atoms with van der Waals surface area (Å²) in [6.45, 7) is 0.612. The van der Waals surface area contributed by atoms with Gasteiger partial charge in [0.1, 0.15) is 5.82 Å². The zero-order valence-electron chi connectivity index (χ0n) is 12.2. The van der Waals surface area contributed by atoms with Crippen molar-refractivity contribution in [2.24, 2.45) is 7.05 Å². The van der Waals surface area contributed by atoms with Crippen molar-refractivity contribution in [3.8, 4) is 0 Å². The number of rotatable bonds is 5. The van der Waals surface area contributed by atoms with E-state index in [9.17, 15) is 4.79 Å². The summed E-state index contributed by atoms with van der Waals surface area (Å²) in [6.07, 6.45) is 6.24. The van der Waals surface area contributed by atoms with Gasteiger partial charge in [0.05, 0.1) is 5.41 Å². The molecule has 110 valence electrons. The average molecular weight is 284 g/mol. The number of nitrogen functional groups attached to an aromatic ring is 1. The molecule has 3 rings (SSSR count). The Morgan fingerprint density at radius 1 is 1.38 bits per heavy atom. The molecule has 0 atom stereocenters. The number of anilines is 1. The van der Waals surface area contributed by atoms with Crippen molar-refractivity contribution in [1.29, 1.82) is 0 Å². The van der Waals surface area contributed by atoms with Crippen LogP contribution >= 0.6 is 0 Å². The Kier molecular flexibility index (Phi) is 3.41. The largest absolute Gasteiger partial charge is 0.399 e. The zero-order valence-corrected chi connectivity index (χ0v) is 12.2. The van der Waals surface area contributed by atoms with Gasteiger partial charge < -0.3 is 15.6 Å². The maximum absolute atomic E-state index is 12.5. The molecule has 3 N–H and O–H groups in total. The lowest BCUT2D eigenvalue weighted by molar-refractivity contribution is -0.123. The van der Waals surface area contributed by atoms with Gasteiger partial charge in [-0.15, -0.1) is 0 Å². The van der Waals surface area contributed by atoms with Crippen molar-refractivity contribution in [2.75, 3.05) is 12.3 Å². The Balaban J connectivity index is 1.60. The summed E-state index contributed by atoms with van der Waals surface area (Å²) in [5.41, 5.74) is 7.16. The lowest BCUT2D eigenvalue weighted by Crippen LogP contribution is -2.36. The van der Waals surface area contributed by atoms with Crippen molar-refractivity contribution < 1.29 is 4.79 Å². The van der Waals surface area contributed by atoms with Gasteiger partial charge in [-0.05, 0) is 30.5 Å². The highest BCUT2D eigenvalue weighted by Gasteiger charge is 2.50. The smallest absolute Gasteiger partial charge is 0.230 e. The Morgan fingerprint density at radius 2 is 2.10 bits per heavy atom. The number of amides is 1. The number of nitrogens with zero attached hydrogens (tertiary/aromatic N) is 2. The van der Waals surface area contributed by atoms with E-state index in [4.69, 9.17) is 5.73 Å². The minimum Gasteiger partial charge on any atom is -0.399 e. The van der Waals surface area contributed by atoms with E-state index in [1.807, 2.05) is 42.1 Å². The first kappa shape index (κ1) is 13.7. The Bertz CT molecular complexity index is 641. The lowest BCUT2D eigenvalue weighted by Gasteiger charge is -2.16. The first-order chi connectivity index (χ1) is 10.1. The van der Waals surface area contributed by atoms with E-state index in [0.717, 1.165) is 36.3 Å². The molecule has 0 bridgehead atoms. The van der Waals surface area contributed by atoms with Crippen LogP contribution in [0.4, 0.5) is 5.69 Å². The first-order valence-electron chi connectivity index (χ1n) is 7.22. The Labute approximate surface area is 124 Å². The summed E-state index contributed by atoms with van der Waals surface area (Å²) in [5.74, 6) is 1.09. The van der Waals surface area contributed by atoms with Gasteiger partial charge in [-0.2, -0.15) is 0 Å². The van der Waals surface area contributed by atoms with Crippen molar-refractivity contribution in [3.05, 3.63) is 48.0 Å². The Morgan fingerprint density at radius 3 is 2.67 bits per heavy atom. The first-order valence-corrected chi connectivity index (χ1v) is 7.22. The standard InChI is InChI=1S/C16H20N4O/c1-20-11-10-18-14(20)6-9-19-15(21)16(7-8-16)12-2-4-13(17)5-3-12/h2-5,10-11H,6-9,17H2,1H3,(H,19,21). The third kappa shape index (κ3) is 2.63. The van der Waals surface area contributed by atoms with E-state index in [1.54, 1.807) is 6.20 Å². The molecule has 5 nitrogen and oxygen atoms in total. The maximum Gasteiger partial charge on any atom is 0.230 e. The summed E-state index contributed by atoms with van der Waals surface area (Å²) in [7, 11) is 1.96. The topological polar surface area (TPSA) is 72.9 Å². The molecule has 0 aliphatic heterocycles. The number of hydrogen-bond acceptors (Lipinski definition) is 3. The minimum absolute atomic E-state index is 0.112. The predicted molar refractivity (Wildman–Crippen MR) is 81.7 cm³/mol. The number of nitrogens with one attached hydrogen (secondary N) is 1. The molecule has 1 heterocycles. The van der Waals surface area contributed by atoms with Gasteiger partial charge in [-0.3, -0.25) is 4.79 Å². The third-order valence-corrected chi connectivity index (χ3v) is 4.20. The fraction of sp³-hybridized carbons (Fsp3) is 0.375. The van der Waals surface area contributed by atoms with Crippen molar-refractivity contribution >= 4 is 11.6 Å². The molecule has 0 radical (unpaired) electrons. The SMILES string of the molecule is Cn1ccnc1CCNC(=O)C1(c2ccc(N)cc2)CC1. The average Bonchev–Trinajstić information content (AvgIpc) is 3.19. The highest BCUT2D eigenvalue weighted by molar-refractivity contribution is 5.91. The maximum atomic E-state index is 12.5. The van der Waals surface area contributed by atoms with E-state index >= 15 is 0 Å². The predicted octanol–water partition coefficient (Wildman–Crippen LogP) is 1.39. The summed E-state index contributed by atoms with van der Waals surface area (Å²) in [4.78, 5) is 16.7. The van der Waals surface area contributed by atoms with Gasteiger partial charge in [-0.1, -0.05) is 12.1 Å². The molecule has 2 aromatic rings. The number of hydrogen-bond donors (Lipinski definition) is 2. The summed E-state index contributed by atoms with van der Waals surface area (Å²) in [5, 5.41) is 3.04. The van der Waals surface area contributed by atoms with Crippen LogP contribution < -0.4 is 11.1 Å². The molecule has 1 fully saturated rings. The van der Waals surface area contributed by atoms with Crippen LogP contribution in [0.25, 0.3) is 0 Å². The van der Waals surface area contributed by atoms with E-state index in [0.29, 0.717) is 6.54 Å². The van der Waals surface area contributed by atoms with Crippen LogP contribution in [0, 0.1) is 0 Å². The van der Waals surface area contributed by atoms with Crippen LogP contribution in [-0.4, -0.2) is 22.0 Å². The summed E-state index contributed by atoms with van der Waals surface area (Å²) < 4.78 is 1.97. The fourth-order valence-electron chi connectivity index (χ4n) is 2.67. The van der Waals surface area contributed by atoms with Crippen molar-refractivity contribution in [1.82, 2.24) is 14.9 Å². The van der Waals surface area contributed by atoms with Crippen LogP contribution in [0.15, 0.2) is 36.7 Å². The van der Waals surface area contributed by atoms with Gasteiger partial charge in [0, 0.05) is 38.1 Å². The molecule has 0 spiro atoms. The molecule has 1 aromatic heterocycles. The number of aromatic nitrogens is 2. The summed E-state index contributed by atoms with van der Waals surface area (Å²) in [6, 6.07) is 7.63. The van der Waals surface area contributed by atoms with Gasteiger partial charge in [0.25, 0.3) is 0 Å². The van der Waals surface area contributed by atoms with Crippen LogP contribution in [-0.2, 0) is 23.7 Å². The van der Waals surface area contributed by atoms with E-state index in [-0.39, 0.29) is 11.3 Å². The van der Waals surface area contributed by atoms with E-state index in [2.05, 4.69) is 10.3 Å². The Hall–Kier alpha value is -2.30. The molecule has 0 unspecified atom stereocenters. The molecular weight excluding hydrogens is 264 g/mol. The van der Waals surface area contributed by atoms with Crippen LogP contribution in [0.2, 0.25) is 0 Å². The number of carbonyl (C=O) groups excluding carboxylic acids is 1. The molecule has 21 heavy (non-hydrogen) atoms.